The molecule has 0 saturated heterocycles. The predicted molar refractivity (Wildman–Crippen MR) is 78.4 cm³/mol. The first-order valence-electron chi connectivity index (χ1n) is 7.97. The van der Waals surface area contributed by atoms with Crippen molar-refractivity contribution in [1.82, 2.24) is 15.5 Å². The molecule has 5 nitrogen and oxygen atoms in total. The summed E-state index contributed by atoms with van der Waals surface area (Å²) in [5.74, 6) is 0.00990. The van der Waals surface area contributed by atoms with Crippen molar-refractivity contribution in [3.8, 4) is 0 Å². The predicted octanol–water partition coefficient (Wildman–Crippen LogP) is 2.02. The summed E-state index contributed by atoms with van der Waals surface area (Å²) in [6.07, 6.45) is 10.4. The molecular weight excluding hydrogens is 254 g/mol. The van der Waals surface area contributed by atoms with E-state index in [1.807, 2.05) is 7.05 Å². The summed E-state index contributed by atoms with van der Waals surface area (Å²) in [7, 11) is 1.85. The Kier molecular flexibility index (Phi) is 5.68. The number of likely N-dealkylation sites (N-methyl/N-ethyl adjacent to an activating group) is 1. The minimum absolute atomic E-state index is 0.00990. The third kappa shape index (κ3) is 4.39. The van der Waals surface area contributed by atoms with Gasteiger partial charge in [-0.1, -0.05) is 32.1 Å². The van der Waals surface area contributed by atoms with Crippen molar-refractivity contribution in [3.05, 3.63) is 0 Å². The lowest BCUT2D eigenvalue weighted by Gasteiger charge is -2.25. The summed E-state index contributed by atoms with van der Waals surface area (Å²) in [5, 5.41) is 5.65. The molecule has 2 aliphatic carbocycles. The maximum atomic E-state index is 12.0. The van der Waals surface area contributed by atoms with Crippen molar-refractivity contribution in [3.63, 3.8) is 0 Å². The maximum absolute atomic E-state index is 12.0. The molecule has 20 heavy (non-hydrogen) atoms. The lowest BCUT2D eigenvalue weighted by Crippen LogP contribution is -2.47. The summed E-state index contributed by atoms with van der Waals surface area (Å²) in [6, 6.07) is 0.446. The van der Waals surface area contributed by atoms with Crippen LogP contribution in [0.15, 0.2) is 0 Å². The van der Waals surface area contributed by atoms with Crippen LogP contribution in [-0.2, 0) is 4.79 Å². The van der Waals surface area contributed by atoms with E-state index in [0.717, 1.165) is 25.7 Å². The Morgan fingerprint density at radius 1 is 1.00 bits per heavy atom. The van der Waals surface area contributed by atoms with Gasteiger partial charge in [0.1, 0.15) is 0 Å². The smallest absolute Gasteiger partial charge is 0.315 e. The van der Waals surface area contributed by atoms with Gasteiger partial charge in [-0.15, -0.1) is 0 Å². The van der Waals surface area contributed by atoms with Gasteiger partial charge >= 0.3 is 6.03 Å². The zero-order valence-corrected chi connectivity index (χ0v) is 12.5. The first kappa shape index (κ1) is 15.1. The molecule has 0 radical (unpaired) electrons. The number of nitrogens with zero attached hydrogens (tertiary/aromatic N) is 1. The van der Waals surface area contributed by atoms with Crippen molar-refractivity contribution >= 4 is 11.9 Å². The maximum Gasteiger partial charge on any atom is 0.315 e. The van der Waals surface area contributed by atoms with Crippen LogP contribution in [0.1, 0.15) is 57.8 Å². The van der Waals surface area contributed by atoms with Crippen LogP contribution in [0.4, 0.5) is 4.79 Å². The van der Waals surface area contributed by atoms with Gasteiger partial charge in [-0.25, -0.2) is 4.79 Å². The average molecular weight is 281 g/mol. The highest BCUT2D eigenvalue weighted by atomic mass is 16.2. The molecule has 114 valence electrons. The van der Waals surface area contributed by atoms with E-state index in [2.05, 4.69) is 10.6 Å². The Morgan fingerprint density at radius 2 is 1.60 bits per heavy atom. The monoisotopic (exact) mass is 281 g/mol. The van der Waals surface area contributed by atoms with E-state index in [-0.39, 0.29) is 24.5 Å². The third-order valence-corrected chi connectivity index (χ3v) is 4.61. The highest BCUT2D eigenvalue weighted by Gasteiger charge is 2.23. The molecule has 0 aromatic heterocycles. The van der Waals surface area contributed by atoms with Gasteiger partial charge in [-0.05, 0) is 25.7 Å². The molecule has 0 bridgehead atoms. The van der Waals surface area contributed by atoms with Crippen LogP contribution >= 0.6 is 0 Å². The first-order chi connectivity index (χ1) is 9.66. The highest BCUT2D eigenvalue weighted by Crippen LogP contribution is 2.22. The van der Waals surface area contributed by atoms with Crippen molar-refractivity contribution in [2.45, 2.75) is 69.9 Å². The fourth-order valence-electron chi connectivity index (χ4n) is 3.26. The molecule has 0 heterocycles. The van der Waals surface area contributed by atoms with Crippen LogP contribution in [0, 0.1) is 0 Å². The third-order valence-electron chi connectivity index (χ3n) is 4.61. The van der Waals surface area contributed by atoms with Crippen molar-refractivity contribution in [1.29, 1.82) is 0 Å². The number of urea groups is 1. The molecule has 3 amide bonds. The number of nitrogens with one attached hydrogen (secondary N) is 2. The van der Waals surface area contributed by atoms with Crippen LogP contribution < -0.4 is 10.6 Å². The number of carbonyl (C=O) groups excluding carboxylic acids is 2. The zero-order valence-electron chi connectivity index (χ0n) is 12.5. The molecule has 2 saturated carbocycles. The van der Waals surface area contributed by atoms with E-state index >= 15 is 0 Å². The average Bonchev–Trinajstić information content (AvgIpc) is 2.99. The lowest BCUT2D eigenvalue weighted by molar-refractivity contribution is -0.130. The van der Waals surface area contributed by atoms with E-state index in [4.69, 9.17) is 0 Å². The molecular formula is C15H27N3O2. The fraction of sp³-hybridized carbons (Fsp3) is 0.867. The van der Waals surface area contributed by atoms with E-state index in [9.17, 15) is 9.59 Å². The number of rotatable bonds is 4. The van der Waals surface area contributed by atoms with Crippen molar-refractivity contribution in [2.75, 3.05) is 13.6 Å². The van der Waals surface area contributed by atoms with Gasteiger partial charge in [0.15, 0.2) is 0 Å². The Labute approximate surface area is 121 Å². The standard InChI is InChI=1S/C15H27N3O2/c1-18(13-9-5-6-10-13)14(19)11-16-15(20)17-12-7-3-2-4-8-12/h12-13H,2-11H2,1H3,(H2,16,17,20). The summed E-state index contributed by atoms with van der Waals surface area (Å²) < 4.78 is 0. The van der Waals surface area contributed by atoms with E-state index in [1.54, 1.807) is 4.90 Å². The summed E-state index contributed by atoms with van der Waals surface area (Å²) in [6.45, 7) is 0.103. The molecule has 0 atom stereocenters. The second kappa shape index (κ2) is 7.50. The Balaban J connectivity index is 1.65. The van der Waals surface area contributed by atoms with Crippen LogP contribution in [-0.4, -0.2) is 42.5 Å². The summed E-state index contributed by atoms with van der Waals surface area (Å²) >= 11 is 0. The van der Waals surface area contributed by atoms with E-state index in [1.165, 1.54) is 32.1 Å². The molecule has 0 aliphatic heterocycles. The number of hydrogen-bond acceptors (Lipinski definition) is 2. The van der Waals surface area contributed by atoms with Crippen LogP contribution in [0.3, 0.4) is 0 Å². The molecule has 2 rings (SSSR count). The first-order valence-corrected chi connectivity index (χ1v) is 7.97. The second-order valence-corrected chi connectivity index (χ2v) is 6.10. The zero-order chi connectivity index (χ0) is 14.4. The molecule has 5 heteroatoms. The Hall–Kier alpha value is -1.26. The quantitative estimate of drug-likeness (QED) is 0.828. The normalized spacial score (nSPS) is 20.6. The molecule has 0 unspecified atom stereocenters. The molecule has 2 fully saturated rings. The number of amides is 3. The van der Waals surface area contributed by atoms with Gasteiger partial charge in [-0.2, -0.15) is 0 Å². The van der Waals surface area contributed by atoms with Gasteiger partial charge in [0.05, 0.1) is 6.54 Å². The van der Waals surface area contributed by atoms with Crippen molar-refractivity contribution < 1.29 is 9.59 Å². The van der Waals surface area contributed by atoms with Gasteiger partial charge < -0.3 is 15.5 Å². The second-order valence-electron chi connectivity index (χ2n) is 6.10. The van der Waals surface area contributed by atoms with Gasteiger partial charge in [-0.3, -0.25) is 4.79 Å². The van der Waals surface area contributed by atoms with Crippen LogP contribution in [0.25, 0.3) is 0 Å². The SMILES string of the molecule is CN(C(=O)CNC(=O)NC1CCCCC1)C1CCCC1. The molecule has 2 N–H and O–H groups in total. The van der Waals surface area contributed by atoms with Gasteiger partial charge in [0, 0.05) is 19.1 Å². The minimum atomic E-state index is -0.204. The largest absolute Gasteiger partial charge is 0.341 e. The topological polar surface area (TPSA) is 61.4 Å². The van der Waals surface area contributed by atoms with Crippen LogP contribution in [0.2, 0.25) is 0 Å². The summed E-state index contributed by atoms with van der Waals surface area (Å²) in [4.78, 5) is 25.6. The highest BCUT2D eigenvalue weighted by molar-refractivity contribution is 5.84. The lowest BCUT2D eigenvalue weighted by atomic mass is 9.96. The van der Waals surface area contributed by atoms with Crippen LogP contribution in [0.5, 0.6) is 0 Å². The molecule has 0 spiro atoms. The molecule has 2 aliphatic rings. The Bertz CT molecular complexity index is 334. The van der Waals surface area contributed by atoms with E-state index in [0.29, 0.717) is 6.04 Å². The summed E-state index contributed by atoms with van der Waals surface area (Å²) in [5.41, 5.74) is 0. The molecule has 0 aromatic carbocycles. The van der Waals surface area contributed by atoms with E-state index < -0.39 is 0 Å². The fourth-order valence-corrected chi connectivity index (χ4v) is 3.26. The Morgan fingerprint density at radius 3 is 2.25 bits per heavy atom. The van der Waals surface area contributed by atoms with Gasteiger partial charge in [0.25, 0.3) is 0 Å². The molecule has 0 aromatic rings. The minimum Gasteiger partial charge on any atom is -0.341 e. The number of hydrogen-bond donors (Lipinski definition) is 2. The van der Waals surface area contributed by atoms with Crippen molar-refractivity contribution in [2.24, 2.45) is 0 Å². The van der Waals surface area contributed by atoms with Gasteiger partial charge in [0.2, 0.25) is 5.91 Å². The number of carbonyl (C=O) groups is 2.